The molecule has 1 aromatic heterocycles. The number of nitrogens with zero attached hydrogens (tertiary/aromatic N) is 3. The fourth-order valence-electron chi connectivity index (χ4n) is 2.37. The van der Waals surface area contributed by atoms with E-state index in [1.807, 2.05) is 0 Å². The lowest BCUT2D eigenvalue weighted by molar-refractivity contribution is 0.375. The van der Waals surface area contributed by atoms with Crippen LogP contribution < -0.4 is 15.0 Å². The van der Waals surface area contributed by atoms with E-state index in [2.05, 4.69) is 54.5 Å². The van der Waals surface area contributed by atoms with Gasteiger partial charge in [-0.25, -0.2) is 0 Å². The third kappa shape index (κ3) is 2.37. The van der Waals surface area contributed by atoms with E-state index in [1.54, 1.807) is 7.11 Å². The SMILES string of the molecule is C=C1NCc2c(C(C)C)nc(OC)nc2N1C(C)C. The Labute approximate surface area is 114 Å². The van der Waals surface area contributed by atoms with Gasteiger partial charge in [-0.1, -0.05) is 20.4 Å². The molecule has 0 bridgehead atoms. The Morgan fingerprint density at radius 1 is 1.26 bits per heavy atom. The summed E-state index contributed by atoms with van der Waals surface area (Å²) in [6.45, 7) is 13.3. The van der Waals surface area contributed by atoms with E-state index in [-0.39, 0.29) is 6.04 Å². The summed E-state index contributed by atoms with van der Waals surface area (Å²) >= 11 is 0. The Balaban J connectivity index is 2.63. The summed E-state index contributed by atoms with van der Waals surface area (Å²) in [7, 11) is 1.60. The molecule has 19 heavy (non-hydrogen) atoms. The third-order valence-corrected chi connectivity index (χ3v) is 3.23. The molecule has 0 atom stereocenters. The molecule has 2 heterocycles. The second-order valence-electron chi connectivity index (χ2n) is 5.32. The Hall–Kier alpha value is -1.78. The zero-order valence-corrected chi connectivity index (χ0v) is 12.3. The van der Waals surface area contributed by atoms with Crippen molar-refractivity contribution in [1.29, 1.82) is 0 Å². The number of ether oxygens (including phenoxy) is 1. The van der Waals surface area contributed by atoms with Crippen LogP contribution in [0.2, 0.25) is 0 Å². The van der Waals surface area contributed by atoms with Crippen molar-refractivity contribution in [2.75, 3.05) is 12.0 Å². The first-order chi connectivity index (χ1) is 8.95. The van der Waals surface area contributed by atoms with E-state index in [9.17, 15) is 0 Å². The highest BCUT2D eigenvalue weighted by molar-refractivity contribution is 5.57. The van der Waals surface area contributed by atoms with Crippen LogP contribution in [0.4, 0.5) is 5.82 Å². The van der Waals surface area contributed by atoms with E-state index in [4.69, 9.17) is 4.74 Å². The van der Waals surface area contributed by atoms with E-state index in [0.29, 0.717) is 11.9 Å². The van der Waals surface area contributed by atoms with Crippen LogP contribution in [0.25, 0.3) is 0 Å². The summed E-state index contributed by atoms with van der Waals surface area (Å²) in [6.07, 6.45) is 0. The van der Waals surface area contributed by atoms with Gasteiger partial charge in [0.15, 0.2) is 0 Å². The number of hydrogen-bond acceptors (Lipinski definition) is 5. The standard InChI is InChI=1S/C14H22N4O/c1-8(2)12-11-7-15-10(5)18(9(3)4)13(11)17-14(16-12)19-6/h8-9,15H,5,7H2,1-4,6H3. The van der Waals surface area contributed by atoms with E-state index < -0.39 is 0 Å². The number of hydrogen-bond donors (Lipinski definition) is 1. The first-order valence-corrected chi connectivity index (χ1v) is 6.62. The van der Waals surface area contributed by atoms with Crippen LogP contribution in [0.3, 0.4) is 0 Å². The van der Waals surface area contributed by atoms with Gasteiger partial charge < -0.3 is 15.0 Å². The molecule has 0 spiro atoms. The molecular weight excluding hydrogens is 240 g/mol. The molecule has 1 N–H and O–H groups in total. The summed E-state index contributed by atoms with van der Waals surface area (Å²) < 4.78 is 5.24. The molecule has 1 aliphatic rings. The quantitative estimate of drug-likeness (QED) is 0.906. The van der Waals surface area contributed by atoms with Crippen molar-refractivity contribution >= 4 is 5.82 Å². The van der Waals surface area contributed by atoms with Crippen molar-refractivity contribution in [3.8, 4) is 6.01 Å². The van der Waals surface area contributed by atoms with Gasteiger partial charge in [0.25, 0.3) is 0 Å². The van der Waals surface area contributed by atoms with Crippen LogP contribution in [0, 0.1) is 0 Å². The number of rotatable bonds is 3. The molecule has 0 aliphatic carbocycles. The fourth-order valence-corrected chi connectivity index (χ4v) is 2.37. The van der Waals surface area contributed by atoms with Crippen LogP contribution in [-0.4, -0.2) is 23.1 Å². The van der Waals surface area contributed by atoms with Gasteiger partial charge in [0.2, 0.25) is 0 Å². The normalized spacial score (nSPS) is 14.7. The van der Waals surface area contributed by atoms with Crippen LogP contribution >= 0.6 is 0 Å². The molecular formula is C14H22N4O. The lowest BCUT2D eigenvalue weighted by Gasteiger charge is -2.36. The number of anilines is 1. The highest BCUT2D eigenvalue weighted by atomic mass is 16.5. The number of fused-ring (bicyclic) bond motifs is 1. The van der Waals surface area contributed by atoms with Crippen molar-refractivity contribution in [2.45, 2.75) is 46.2 Å². The summed E-state index contributed by atoms with van der Waals surface area (Å²) in [5, 5.41) is 3.31. The van der Waals surface area contributed by atoms with Crippen molar-refractivity contribution in [2.24, 2.45) is 0 Å². The molecule has 5 heteroatoms. The molecule has 0 saturated carbocycles. The van der Waals surface area contributed by atoms with Crippen LogP contribution in [0.1, 0.15) is 44.9 Å². The van der Waals surface area contributed by atoms with Gasteiger partial charge in [0, 0.05) is 18.2 Å². The minimum absolute atomic E-state index is 0.277. The van der Waals surface area contributed by atoms with Crippen LogP contribution in [0.5, 0.6) is 6.01 Å². The van der Waals surface area contributed by atoms with Crippen LogP contribution in [0.15, 0.2) is 12.4 Å². The lowest BCUT2D eigenvalue weighted by Crippen LogP contribution is -2.41. The van der Waals surface area contributed by atoms with Gasteiger partial charge in [0.05, 0.1) is 12.8 Å². The molecule has 0 amide bonds. The average molecular weight is 262 g/mol. The summed E-state index contributed by atoms with van der Waals surface area (Å²) in [6, 6.07) is 0.696. The second kappa shape index (κ2) is 5.07. The maximum atomic E-state index is 5.24. The van der Waals surface area contributed by atoms with Gasteiger partial charge in [-0.05, 0) is 19.8 Å². The number of methoxy groups -OCH3 is 1. The van der Waals surface area contributed by atoms with Crippen molar-refractivity contribution in [3.05, 3.63) is 23.7 Å². The van der Waals surface area contributed by atoms with Gasteiger partial charge in [-0.15, -0.1) is 0 Å². The molecule has 1 aliphatic heterocycles. The maximum Gasteiger partial charge on any atom is 0.318 e. The largest absolute Gasteiger partial charge is 0.467 e. The first-order valence-electron chi connectivity index (χ1n) is 6.62. The van der Waals surface area contributed by atoms with Gasteiger partial charge in [-0.3, -0.25) is 0 Å². The summed E-state index contributed by atoms with van der Waals surface area (Å²) in [5.41, 5.74) is 2.17. The Morgan fingerprint density at radius 3 is 2.47 bits per heavy atom. The van der Waals surface area contributed by atoms with Crippen molar-refractivity contribution < 1.29 is 4.74 Å². The molecule has 0 radical (unpaired) electrons. The maximum absolute atomic E-state index is 5.24. The second-order valence-corrected chi connectivity index (χ2v) is 5.32. The Bertz CT molecular complexity index is 496. The minimum atomic E-state index is 0.277. The molecule has 0 unspecified atom stereocenters. The molecule has 0 saturated heterocycles. The Kier molecular flexibility index (Phi) is 3.64. The summed E-state index contributed by atoms with van der Waals surface area (Å²) in [5.74, 6) is 2.11. The van der Waals surface area contributed by atoms with Gasteiger partial charge in [-0.2, -0.15) is 9.97 Å². The smallest absolute Gasteiger partial charge is 0.318 e. The highest BCUT2D eigenvalue weighted by Gasteiger charge is 2.28. The Morgan fingerprint density at radius 2 is 1.95 bits per heavy atom. The summed E-state index contributed by atoms with van der Waals surface area (Å²) in [4.78, 5) is 11.1. The molecule has 104 valence electrons. The van der Waals surface area contributed by atoms with Crippen LogP contribution in [-0.2, 0) is 6.54 Å². The zero-order valence-electron chi connectivity index (χ0n) is 12.3. The fraction of sp³-hybridized carbons (Fsp3) is 0.571. The average Bonchev–Trinajstić information content (AvgIpc) is 2.36. The monoisotopic (exact) mass is 262 g/mol. The number of nitrogens with one attached hydrogen (secondary N) is 1. The molecule has 2 rings (SSSR count). The lowest BCUT2D eigenvalue weighted by atomic mass is 10.0. The topological polar surface area (TPSA) is 50.3 Å². The van der Waals surface area contributed by atoms with E-state index in [1.165, 1.54) is 0 Å². The van der Waals surface area contributed by atoms with Gasteiger partial charge >= 0.3 is 6.01 Å². The third-order valence-electron chi connectivity index (χ3n) is 3.23. The predicted molar refractivity (Wildman–Crippen MR) is 76.3 cm³/mol. The predicted octanol–water partition coefficient (Wildman–Crippen LogP) is 2.40. The first kappa shape index (κ1) is 13.6. The van der Waals surface area contributed by atoms with Crippen molar-refractivity contribution in [1.82, 2.24) is 15.3 Å². The van der Waals surface area contributed by atoms with Gasteiger partial charge in [0.1, 0.15) is 11.6 Å². The molecule has 1 aromatic rings. The van der Waals surface area contributed by atoms with E-state index in [0.717, 1.165) is 29.4 Å². The van der Waals surface area contributed by atoms with E-state index >= 15 is 0 Å². The zero-order chi connectivity index (χ0) is 14.2. The number of aromatic nitrogens is 2. The van der Waals surface area contributed by atoms with Crippen molar-refractivity contribution in [3.63, 3.8) is 0 Å². The molecule has 5 nitrogen and oxygen atoms in total. The highest BCUT2D eigenvalue weighted by Crippen LogP contribution is 2.33. The molecule has 0 aromatic carbocycles. The molecule has 0 fully saturated rings. The minimum Gasteiger partial charge on any atom is -0.467 e.